The van der Waals surface area contributed by atoms with Crippen LogP contribution in [-0.4, -0.2) is 34.4 Å². The summed E-state index contributed by atoms with van der Waals surface area (Å²) in [6.07, 6.45) is 0. The number of thioether (sulfide) groups is 1. The Kier molecular flexibility index (Phi) is 7.01. The first-order valence-electron chi connectivity index (χ1n) is 7.39. The summed E-state index contributed by atoms with van der Waals surface area (Å²) in [5, 5.41) is 16.7. The molecule has 0 unspecified atom stereocenters. The van der Waals surface area contributed by atoms with E-state index in [-0.39, 0.29) is 11.7 Å². The van der Waals surface area contributed by atoms with E-state index >= 15 is 0 Å². The molecule has 0 saturated carbocycles. The smallest absolute Gasteiger partial charge is 0.321 e. The number of aromatic nitrogens is 2. The second-order valence-corrected chi connectivity index (χ2v) is 7.50. The zero-order valence-electron chi connectivity index (χ0n) is 13.4. The van der Waals surface area contributed by atoms with Crippen molar-refractivity contribution in [2.24, 2.45) is 5.92 Å². The number of nitrogens with zero attached hydrogens (tertiary/aromatic N) is 2. The summed E-state index contributed by atoms with van der Waals surface area (Å²) < 4.78 is 0.658. The molecule has 0 radical (unpaired) electrons. The van der Waals surface area contributed by atoms with Crippen LogP contribution in [-0.2, 0) is 4.79 Å². The molecule has 1 aromatic carbocycles. The van der Waals surface area contributed by atoms with E-state index in [2.05, 4.69) is 26.1 Å². The minimum atomic E-state index is -0.474. The third kappa shape index (κ3) is 6.55. The first-order valence-corrected chi connectivity index (χ1v) is 9.19. The molecule has 1 aromatic heterocycles. The van der Waals surface area contributed by atoms with E-state index in [1.807, 2.05) is 44.2 Å². The number of hydrogen-bond donors (Lipinski definition) is 3. The first-order chi connectivity index (χ1) is 11.5. The highest BCUT2D eigenvalue weighted by Gasteiger charge is 2.11. The average molecular weight is 365 g/mol. The van der Waals surface area contributed by atoms with Crippen molar-refractivity contribution in [2.45, 2.75) is 18.2 Å². The summed E-state index contributed by atoms with van der Waals surface area (Å²) in [5.41, 5.74) is 0.921. The third-order valence-electron chi connectivity index (χ3n) is 2.68. The number of rotatable bonds is 7. The van der Waals surface area contributed by atoms with Gasteiger partial charge in [-0.05, 0) is 18.1 Å². The van der Waals surface area contributed by atoms with Gasteiger partial charge < -0.3 is 10.6 Å². The summed E-state index contributed by atoms with van der Waals surface area (Å²) in [4.78, 5) is 23.2. The van der Waals surface area contributed by atoms with E-state index in [0.717, 1.165) is 5.69 Å². The highest BCUT2D eigenvalue weighted by Crippen LogP contribution is 2.27. The minimum Gasteiger partial charge on any atom is -0.338 e. The Morgan fingerprint density at radius 1 is 1.21 bits per heavy atom. The summed E-state index contributed by atoms with van der Waals surface area (Å²) in [6, 6.07) is 9.16. The Hall–Kier alpha value is -2.13. The highest BCUT2D eigenvalue weighted by molar-refractivity contribution is 8.01. The monoisotopic (exact) mass is 365 g/mol. The molecule has 0 aliphatic carbocycles. The van der Waals surface area contributed by atoms with Crippen LogP contribution in [0.5, 0.6) is 0 Å². The predicted octanol–water partition coefficient (Wildman–Crippen LogP) is 2.86. The molecule has 0 saturated heterocycles. The maximum atomic E-state index is 11.7. The third-order valence-corrected chi connectivity index (χ3v) is 4.65. The predicted molar refractivity (Wildman–Crippen MR) is 96.7 cm³/mol. The van der Waals surface area contributed by atoms with Crippen molar-refractivity contribution in [3.05, 3.63) is 30.3 Å². The zero-order valence-corrected chi connectivity index (χ0v) is 15.0. The number of benzene rings is 1. The van der Waals surface area contributed by atoms with Gasteiger partial charge in [0.15, 0.2) is 4.34 Å². The molecule has 128 valence electrons. The Morgan fingerprint density at radius 3 is 2.67 bits per heavy atom. The Labute approximate surface area is 148 Å². The van der Waals surface area contributed by atoms with Crippen molar-refractivity contribution in [1.82, 2.24) is 20.8 Å². The molecule has 3 amide bonds. The van der Waals surface area contributed by atoms with E-state index in [9.17, 15) is 9.59 Å². The van der Waals surface area contributed by atoms with Gasteiger partial charge in [-0.3, -0.25) is 10.1 Å². The van der Waals surface area contributed by atoms with Crippen molar-refractivity contribution in [2.75, 3.05) is 17.6 Å². The number of imide groups is 1. The molecule has 2 rings (SSSR count). The maximum absolute atomic E-state index is 11.7. The van der Waals surface area contributed by atoms with Crippen LogP contribution in [0.2, 0.25) is 0 Å². The topological polar surface area (TPSA) is 96.0 Å². The molecule has 0 fully saturated rings. The van der Waals surface area contributed by atoms with Gasteiger partial charge in [0.25, 0.3) is 0 Å². The van der Waals surface area contributed by atoms with Crippen LogP contribution in [0.4, 0.5) is 15.6 Å². The van der Waals surface area contributed by atoms with Gasteiger partial charge in [0, 0.05) is 12.2 Å². The fourth-order valence-electron chi connectivity index (χ4n) is 1.59. The Bertz CT molecular complexity index is 676. The average Bonchev–Trinajstić information content (AvgIpc) is 2.99. The molecule has 24 heavy (non-hydrogen) atoms. The molecule has 0 aliphatic heterocycles. The standard InChI is InChI=1S/C15H19N5O2S2/c1-10(2)8-16-13(22)18-12(21)9-23-15-20-19-14(24-15)17-11-6-4-3-5-7-11/h3-7,10H,8-9H2,1-2H3,(H,17,19)(H2,16,18,21,22). The molecular formula is C15H19N5O2S2. The molecule has 9 heteroatoms. The number of amides is 3. The summed E-state index contributed by atoms with van der Waals surface area (Å²) in [7, 11) is 0. The van der Waals surface area contributed by atoms with E-state index < -0.39 is 6.03 Å². The molecule has 0 spiro atoms. The SMILES string of the molecule is CC(C)CNC(=O)NC(=O)CSc1nnc(Nc2ccccc2)s1. The van der Waals surface area contributed by atoms with Crippen molar-refractivity contribution in [3.63, 3.8) is 0 Å². The van der Waals surface area contributed by atoms with Crippen LogP contribution in [0.15, 0.2) is 34.7 Å². The van der Waals surface area contributed by atoms with E-state index in [0.29, 0.717) is 21.9 Å². The second kappa shape index (κ2) is 9.24. The van der Waals surface area contributed by atoms with Gasteiger partial charge in [0.2, 0.25) is 11.0 Å². The number of urea groups is 1. The molecule has 3 N–H and O–H groups in total. The van der Waals surface area contributed by atoms with Crippen LogP contribution in [0.25, 0.3) is 0 Å². The lowest BCUT2D eigenvalue weighted by molar-refractivity contribution is -0.117. The lowest BCUT2D eigenvalue weighted by Gasteiger charge is -2.07. The van der Waals surface area contributed by atoms with Crippen molar-refractivity contribution in [1.29, 1.82) is 0 Å². The number of carbonyl (C=O) groups excluding carboxylic acids is 2. The summed E-state index contributed by atoms with van der Waals surface area (Å²) >= 11 is 2.59. The lowest BCUT2D eigenvalue weighted by Crippen LogP contribution is -2.41. The van der Waals surface area contributed by atoms with Crippen molar-refractivity contribution in [3.8, 4) is 0 Å². The van der Waals surface area contributed by atoms with E-state index in [4.69, 9.17) is 0 Å². The van der Waals surface area contributed by atoms with Gasteiger partial charge in [0.05, 0.1) is 5.75 Å². The fourth-order valence-corrected chi connectivity index (χ4v) is 3.17. The van der Waals surface area contributed by atoms with Gasteiger partial charge in [-0.25, -0.2) is 4.79 Å². The molecule has 0 atom stereocenters. The summed E-state index contributed by atoms with van der Waals surface area (Å²) in [5.74, 6) is 0.0703. The van der Waals surface area contributed by atoms with Gasteiger partial charge in [-0.15, -0.1) is 10.2 Å². The minimum absolute atomic E-state index is 0.106. The van der Waals surface area contributed by atoms with Gasteiger partial charge in [0.1, 0.15) is 0 Å². The highest BCUT2D eigenvalue weighted by atomic mass is 32.2. The fraction of sp³-hybridized carbons (Fsp3) is 0.333. The van der Waals surface area contributed by atoms with Crippen molar-refractivity contribution < 1.29 is 9.59 Å². The van der Waals surface area contributed by atoms with Gasteiger partial charge in [-0.1, -0.05) is 55.1 Å². The van der Waals surface area contributed by atoms with E-state index in [1.165, 1.54) is 23.1 Å². The Morgan fingerprint density at radius 2 is 1.96 bits per heavy atom. The normalized spacial score (nSPS) is 10.5. The maximum Gasteiger partial charge on any atom is 0.321 e. The molecule has 0 bridgehead atoms. The van der Waals surface area contributed by atoms with Crippen LogP contribution in [0.1, 0.15) is 13.8 Å². The zero-order chi connectivity index (χ0) is 17.4. The largest absolute Gasteiger partial charge is 0.338 e. The van der Waals surface area contributed by atoms with Crippen LogP contribution in [0.3, 0.4) is 0 Å². The number of carbonyl (C=O) groups is 2. The van der Waals surface area contributed by atoms with Crippen molar-refractivity contribution >= 4 is 45.9 Å². The number of hydrogen-bond acceptors (Lipinski definition) is 7. The number of para-hydroxylation sites is 1. The van der Waals surface area contributed by atoms with Gasteiger partial charge in [-0.2, -0.15) is 0 Å². The number of nitrogens with one attached hydrogen (secondary N) is 3. The number of anilines is 2. The lowest BCUT2D eigenvalue weighted by atomic mass is 10.2. The quantitative estimate of drug-likeness (QED) is 0.653. The molecule has 1 heterocycles. The second-order valence-electron chi connectivity index (χ2n) is 5.30. The molecular weight excluding hydrogens is 346 g/mol. The molecule has 7 nitrogen and oxygen atoms in total. The Balaban J connectivity index is 1.74. The van der Waals surface area contributed by atoms with E-state index in [1.54, 1.807) is 0 Å². The molecule has 0 aliphatic rings. The van der Waals surface area contributed by atoms with Gasteiger partial charge >= 0.3 is 6.03 Å². The molecule has 2 aromatic rings. The first kappa shape index (κ1) is 18.2. The summed E-state index contributed by atoms with van der Waals surface area (Å²) in [6.45, 7) is 4.49. The van der Waals surface area contributed by atoms with Crippen LogP contribution >= 0.6 is 23.1 Å². The van der Waals surface area contributed by atoms with Crippen LogP contribution in [0, 0.1) is 5.92 Å². The van der Waals surface area contributed by atoms with Crippen LogP contribution < -0.4 is 16.0 Å².